The second kappa shape index (κ2) is 5.43. The predicted molar refractivity (Wildman–Crippen MR) is 87.6 cm³/mol. The van der Waals surface area contributed by atoms with Crippen molar-refractivity contribution in [1.82, 2.24) is 0 Å². The molecule has 112 valence electrons. The third-order valence-corrected chi connectivity index (χ3v) is 5.42. The average Bonchev–Trinajstić information content (AvgIpc) is 2.46. The van der Waals surface area contributed by atoms with E-state index in [1.165, 1.54) is 21.2 Å². The van der Waals surface area contributed by atoms with Crippen LogP contribution in [0.1, 0.15) is 25.8 Å². The third kappa shape index (κ3) is 2.70. The molecule has 2 N–H and O–H groups in total. The Morgan fingerprint density at radius 2 is 1.86 bits per heavy atom. The van der Waals surface area contributed by atoms with Gasteiger partial charge in [0.2, 0.25) is 0 Å². The lowest BCUT2D eigenvalue weighted by molar-refractivity contribution is -0.916. The van der Waals surface area contributed by atoms with Crippen molar-refractivity contribution in [3.63, 3.8) is 0 Å². The van der Waals surface area contributed by atoms with Gasteiger partial charge in [0, 0.05) is 18.8 Å². The van der Waals surface area contributed by atoms with Crippen LogP contribution in [0.25, 0.3) is 10.8 Å². The highest BCUT2D eigenvalue weighted by Gasteiger charge is 2.43. The second-order valence-electron chi connectivity index (χ2n) is 6.98. The smallest absolute Gasteiger partial charge is 0.0872 e. The zero-order chi connectivity index (χ0) is 15.0. The van der Waals surface area contributed by atoms with Gasteiger partial charge in [-0.2, -0.15) is 0 Å². The van der Waals surface area contributed by atoms with Gasteiger partial charge in [0.25, 0.3) is 0 Å². The van der Waals surface area contributed by atoms with Gasteiger partial charge in [-0.15, -0.1) is 0 Å². The summed E-state index contributed by atoms with van der Waals surface area (Å²) in [5.41, 5.74) is 0.692. The van der Waals surface area contributed by atoms with Gasteiger partial charge in [-0.3, -0.25) is 0 Å². The van der Waals surface area contributed by atoms with Crippen LogP contribution in [0.15, 0.2) is 42.5 Å². The normalized spacial score (nSPS) is 33.2. The lowest BCUT2D eigenvalue weighted by Crippen LogP contribution is -3.15. The van der Waals surface area contributed by atoms with E-state index in [1.54, 1.807) is 0 Å². The highest BCUT2D eigenvalue weighted by Crippen LogP contribution is 2.31. The quantitative estimate of drug-likeness (QED) is 0.867. The number of benzene rings is 2. The molecular formula is C19H26NO+. The number of hydrogen-bond donors (Lipinski definition) is 2. The van der Waals surface area contributed by atoms with Gasteiger partial charge in [-0.05, 0) is 23.3 Å². The van der Waals surface area contributed by atoms with Crippen LogP contribution in [0.3, 0.4) is 0 Å². The molecule has 2 nitrogen and oxygen atoms in total. The van der Waals surface area contributed by atoms with Crippen LogP contribution in [0.4, 0.5) is 0 Å². The van der Waals surface area contributed by atoms with Gasteiger partial charge in [-0.25, -0.2) is 0 Å². The van der Waals surface area contributed by atoms with Crippen molar-refractivity contribution in [3.8, 4) is 0 Å². The first-order valence-corrected chi connectivity index (χ1v) is 8.01. The van der Waals surface area contributed by atoms with Crippen molar-refractivity contribution in [3.05, 3.63) is 48.0 Å². The minimum absolute atomic E-state index is 0.327. The molecule has 4 atom stereocenters. The zero-order valence-corrected chi connectivity index (χ0v) is 13.3. The Morgan fingerprint density at radius 1 is 1.14 bits per heavy atom. The van der Waals surface area contributed by atoms with E-state index in [4.69, 9.17) is 0 Å². The molecule has 21 heavy (non-hydrogen) atoms. The van der Waals surface area contributed by atoms with Gasteiger partial charge in [0.05, 0.1) is 25.2 Å². The maximum absolute atomic E-state index is 11.2. The monoisotopic (exact) mass is 284 g/mol. The second-order valence-corrected chi connectivity index (χ2v) is 6.98. The Labute approximate surface area is 127 Å². The Bertz CT molecular complexity index is 633. The van der Waals surface area contributed by atoms with Gasteiger partial charge < -0.3 is 10.0 Å². The number of nitrogens with one attached hydrogen (secondary N) is 1. The van der Waals surface area contributed by atoms with E-state index in [1.807, 2.05) is 0 Å². The largest absolute Gasteiger partial charge is 0.389 e. The third-order valence-electron chi connectivity index (χ3n) is 5.42. The molecule has 0 spiro atoms. The molecule has 3 rings (SSSR count). The molecule has 1 heterocycles. The number of hydrogen-bond acceptors (Lipinski definition) is 1. The van der Waals surface area contributed by atoms with Crippen LogP contribution in [0.5, 0.6) is 0 Å². The first kappa shape index (κ1) is 14.6. The molecule has 0 aromatic heterocycles. The van der Waals surface area contributed by atoms with Gasteiger partial charge in [-0.1, -0.05) is 49.4 Å². The SMILES string of the molecule is C[C@@H]1C[C@](O)(Cc2cccc3ccccc23)[C@H](C)C[NH+]1C. The Morgan fingerprint density at radius 3 is 2.67 bits per heavy atom. The molecule has 1 aliphatic heterocycles. The summed E-state index contributed by atoms with van der Waals surface area (Å²) in [5.74, 6) is 0.327. The molecule has 2 heteroatoms. The molecule has 0 radical (unpaired) electrons. The first-order valence-electron chi connectivity index (χ1n) is 8.01. The molecular weight excluding hydrogens is 258 g/mol. The molecule has 0 bridgehead atoms. The molecule has 2 aromatic rings. The fourth-order valence-corrected chi connectivity index (χ4v) is 3.80. The van der Waals surface area contributed by atoms with Crippen molar-refractivity contribution >= 4 is 10.8 Å². The van der Waals surface area contributed by atoms with Crippen molar-refractivity contribution in [1.29, 1.82) is 0 Å². The van der Waals surface area contributed by atoms with Crippen LogP contribution in [-0.4, -0.2) is 30.3 Å². The van der Waals surface area contributed by atoms with E-state index in [2.05, 4.69) is 63.4 Å². The van der Waals surface area contributed by atoms with Gasteiger partial charge in [0.15, 0.2) is 0 Å². The van der Waals surface area contributed by atoms with Crippen LogP contribution >= 0.6 is 0 Å². The summed E-state index contributed by atoms with van der Waals surface area (Å²) in [6, 6.07) is 15.4. The standard InChI is InChI=1S/C19H25NO/c1-14-13-20(3)15(2)11-19(14,21)12-17-9-6-8-16-7-4-5-10-18(16)17/h4-10,14-15,21H,11-13H2,1-3H3/p+1/t14-,15-,19+/m1/s1. The van der Waals surface area contributed by atoms with Crippen molar-refractivity contribution in [2.24, 2.45) is 5.92 Å². The minimum atomic E-state index is -0.580. The summed E-state index contributed by atoms with van der Waals surface area (Å²) in [6.45, 7) is 5.48. The van der Waals surface area contributed by atoms with E-state index in [-0.39, 0.29) is 0 Å². The van der Waals surface area contributed by atoms with Crippen LogP contribution in [-0.2, 0) is 6.42 Å². The van der Waals surface area contributed by atoms with Gasteiger partial charge >= 0.3 is 0 Å². The Kier molecular flexibility index (Phi) is 3.76. The number of piperidine rings is 1. The summed E-state index contributed by atoms with van der Waals surface area (Å²) in [5, 5.41) is 13.8. The molecule has 1 saturated heterocycles. The fourth-order valence-electron chi connectivity index (χ4n) is 3.80. The van der Waals surface area contributed by atoms with Crippen LogP contribution < -0.4 is 4.90 Å². The maximum atomic E-state index is 11.2. The lowest BCUT2D eigenvalue weighted by Gasteiger charge is -2.43. The van der Waals surface area contributed by atoms with Crippen LogP contribution in [0.2, 0.25) is 0 Å². The van der Waals surface area contributed by atoms with Crippen molar-refractivity contribution in [2.75, 3.05) is 13.6 Å². The topological polar surface area (TPSA) is 24.7 Å². The number of likely N-dealkylation sites (tertiary alicyclic amines) is 1. The maximum Gasteiger partial charge on any atom is 0.0872 e. The molecule has 0 aliphatic carbocycles. The van der Waals surface area contributed by atoms with Gasteiger partial charge in [0.1, 0.15) is 0 Å². The minimum Gasteiger partial charge on any atom is -0.389 e. The van der Waals surface area contributed by atoms with Crippen molar-refractivity contribution in [2.45, 2.75) is 38.3 Å². The van der Waals surface area contributed by atoms with E-state index < -0.39 is 5.60 Å². The van der Waals surface area contributed by atoms with E-state index in [9.17, 15) is 5.11 Å². The molecule has 0 amide bonds. The van der Waals surface area contributed by atoms with Crippen LogP contribution in [0, 0.1) is 5.92 Å². The summed E-state index contributed by atoms with van der Waals surface area (Å²) >= 11 is 0. The summed E-state index contributed by atoms with van der Waals surface area (Å²) in [6.07, 6.45) is 1.64. The number of rotatable bonds is 2. The number of quaternary nitrogens is 1. The lowest BCUT2D eigenvalue weighted by atomic mass is 9.75. The highest BCUT2D eigenvalue weighted by molar-refractivity contribution is 5.85. The summed E-state index contributed by atoms with van der Waals surface area (Å²) < 4.78 is 0. The molecule has 0 saturated carbocycles. The molecule has 2 aromatic carbocycles. The number of aliphatic hydroxyl groups is 1. The molecule has 1 fully saturated rings. The first-order chi connectivity index (χ1) is 9.99. The Balaban J connectivity index is 1.94. The van der Waals surface area contributed by atoms with E-state index in [0.717, 1.165) is 19.4 Å². The van der Waals surface area contributed by atoms with E-state index >= 15 is 0 Å². The fraction of sp³-hybridized carbons (Fsp3) is 0.474. The number of fused-ring (bicyclic) bond motifs is 1. The summed E-state index contributed by atoms with van der Waals surface area (Å²) in [4.78, 5) is 1.53. The Hall–Kier alpha value is -1.38. The zero-order valence-electron chi connectivity index (χ0n) is 13.3. The van der Waals surface area contributed by atoms with E-state index in [0.29, 0.717) is 12.0 Å². The molecule has 1 unspecified atom stereocenters. The molecule has 1 aliphatic rings. The van der Waals surface area contributed by atoms with Crippen molar-refractivity contribution < 1.29 is 10.0 Å². The predicted octanol–water partition coefficient (Wildman–Crippen LogP) is 2.06. The summed E-state index contributed by atoms with van der Waals surface area (Å²) in [7, 11) is 2.23. The highest BCUT2D eigenvalue weighted by atomic mass is 16.3. The average molecular weight is 284 g/mol.